The molecule has 3 heterocycles. The molecule has 1 unspecified atom stereocenters. The van der Waals surface area contributed by atoms with E-state index < -0.39 is 5.60 Å². The molecule has 1 saturated heterocycles. The zero-order valence-electron chi connectivity index (χ0n) is 11.4. The van der Waals surface area contributed by atoms with E-state index in [1.54, 1.807) is 11.1 Å². The molecule has 2 aromatic heterocycles. The number of amides is 1. The van der Waals surface area contributed by atoms with Gasteiger partial charge in [-0.05, 0) is 31.0 Å². The van der Waals surface area contributed by atoms with Crippen LogP contribution < -0.4 is 0 Å². The number of carbonyl (C=O) groups is 1. The maximum Gasteiger partial charge on any atom is 0.255 e. The van der Waals surface area contributed by atoms with E-state index in [0.29, 0.717) is 18.5 Å². The van der Waals surface area contributed by atoms with Crippen LogP contribution in [0.4, 0.5) is 0 Å². The van der Waals surface area contributed by atoms with Gasteiger partial charge in [0.15, 0.2) is 0 Å². The lowest BCUT2D eigenvalue weighted by Crippen LogP contribution is -2.38. The molecule has 3 rings (SSSR count). The average Bonchev–Trinajstić information content (AvgIpc) is 3.03. The summed E-state index contributed by atoms with van der Waals surface area (Å²) in [6.07, 6.45) is 4.13. The second-order valence-corrected chi connectivity index (χ2v) is 5.57. The minimum Gasteiger partial charge on any atom is -0.393 e. The number of carbonyl (C=O) groups excluding carboxylic acids is 1. The standard InChI is InChI=1S/C15H18N2O3/c1-11-3-2-5-16-8-12(7-13(11)16)14(19)17-6-4-15(20,9-17)10-18/h2-3,5,7-8,18,20H,4,6,9-10H2,1H3. The van der Waals surface area contributed by atoms with Gasteiger partial charge in [0.2, 0.25) is 0 Å². The van der Waals surface area contributed by atoms with Crippen LogP contribution in [0.3, 0.4) is 0 Å². The monoisotopic (exact) mass is 274 g/mol. The first-order chi connectivity index (χ1) is 9.52. The Labute approximate surface area is 117 Å². The lowest BCUT2D eigenvalue weighted by Gasteiger charge is -2.20. The Morgan fingerprint density at radius 1 is 1.50 bits per heavy atom. The van der Waals surface area contributed by atoms with Crippen LogP contribution in [0.5, 0.6) is 0 Å². The summed E-state index contributed by atoms with van der Waals surface area (Å²) in [5.74, 6) is -0.0996. The highest BCUT2D eigenvalue weighted by Crippen LogP contribution is 2.23. The fourth-order valence-corrected chi connectivity index (χ4v) is 2.74. The number of β-amino-alcohol motifs (C(OH)–C–C–N with tert-alkyl or cyclic N) is 1. The number of aliphatic hydroxyl groups is 2. The van der Waals surface area contributed by atoms with Gasteiger partial charge in [-0.25, -0.2) is 0 Å². The number of fused-ring (bicyclic) bond motifs is 1. The second kappa shape index (κ2) is 4.61. The van der Waals surface area contributed by atoms with Crippen LogP contribution in [-0.4, -0.2) is 50.7 Å². The molecule has 106 valence electrons. The van der Waals surface area contributed by atoms with Gasteiger partial charge in [0.1, 0.15) is 5.60 Å². The molecule has 1 aliphatic rings. The molecule has 0 bridgehead atoms. The quantitative estimate of drug-likeness (QED) is 0.852. The summed E-state index contributed by atoms with van der Waals surface area (Å²) in [5, 5.41) is 19.2. The Bertz CT molecular complexity index is 664. The highest BCUT2D eigenvalue weighted by Gasteiger charge is 2.38. The predicted octanol–water partition coefficient (Wildman–Crippen LogP) is 0.817. The van der Waals surface area contributed by atoms with E-state index in [0.717, 1.165) is 11.1 Å². The van der Waals surface area contributed by atoms with Crippen LogP contribution in [0.1, 0.15) is 22.3 Å². The molecule has 1 amide bonds. The maximum absolute atomic E-state index is 12.5. The van der Waals surface area contributed by atoms with Gasteiger partial charge in [0, 0.05) is 24.5 Å². The number of pyridine rings is 1. The van der Waals surface area contributed by atoms with E-state index in [1.165, 1.54) is 0 Å². The maximum atomic E-state index is 12.5. The molecule has 0 aromatic carbocycles. The smallest absolute Gasteiger partial charge is 0.255 e. The first-order valence-corrected chi connectivity index (χ1v) is 6.72. The number of hydrogen-bond acceptors (Lipinski definition) is 3. The fourth-order valence-electron chi connectivity index (χ4n) is 2.74. The van der Waals surface area contributed by atoms with Gasteiger partial charge in [-0.1, -0.05) is 6.07 Å². The van der Waals surface area contributed by atoms with Crippen molar-refractivity contribution in [1.82, 2.24) is 9.30 Å². The van der Waals surface area contributed by atoms with Crippen molar-refractivity contribution in [3.05, 3.63) is 41.7 Å². The molecule has 0 saturated carbocycles. The van der Waals surface area contributed by atoms with Gasteiger partial charge < -0.3 is 19.5 Å². The van der Waals surface area contributed by atoms with Crippen LogP contribution in [-0.2, 0) is 0 Å². The van der Waals surface area contributed by atoms with E-state index in [9.17, 15) is 9.90 Å². The third-order valence-electron chi connectivity index (χ3n) is 4.01. The topological polar surface area (TPSA) is 65.2 Å². The highest BCUT2D eigenvalue weighted by molar-refractivity contribution is 5.96. The number of aryl methyl sites for hydroxylation is 1. The Kier molecular flexibility index (Phi) is 3.03. The van der Waals surface area contributed by atoms with E-state index in [-0.39, 0.29) is 19.1 Å². The Balaban J connectivity index is 1.88. The van der Waals surface area contributed by atoms with Crippen molar-refractivity contribution >= 4 is 11.4 Å². The van der Waals surface area contributed by atoms with Gasteiger partial charge in [0.05, 0.1) is 18.7 Å². The predicted molar refractivity (Wildman–Crippen MR) is 74.7 cm³/mol. The lowest BCUT2D eigenvalue weighted by atomic mass is 10.1. The van der Waals surface area contributed by atoms with E-state index in [2.05, 4.69) is 0 Å². The minimum atomic E-state index is -1.15. The van der Waals surface area contributed by atoms with Gasteiger partial charge >= 0.3 is 0 Å². The third kappa shape index (κ3) is 2.09. The van der Waals surface area contributed by atoms with E-state index in [1.807, 2.05) is 35.7 Å². The molecule has 5 heteroatoms. The van der Waals surface area contributed by atoms with Crippen molar-refractivity contribution < 1.29 is 15.0 Å². The number of rotatable bonds is 2. The molecule has 0 radical (unpaired) electrons. The molecule has 5 nitrogen and oxygen atoms in total. The lowest BCUT2D eigenvalue weighted by molar-refractivity contribution is -0.00455. The van der Waals surface area contributed by atoms with Crippen LogP contribution in [0.2, 0.25) is 0 Å². The zero-order chi connectivity index (χ0) is 14.3. The second-order valence-electron chi connectivity index (χ2n) is 5.57. The number of nitrogens with zero attached hydrogens (tertiary/aromatic N) is 2. The summed E-state index contributed by atoms with van der Waals surface area (Å²) in [6, 6.07) is 5.81. The van der Waals surface area contributed by atoms with Gasteiger partial charge in [0.25, 0.3) is 5.91 Å². The van der Waals surface area contributed by atoms with Crippen molar-refractivity contribution in [2.75, 3.05) is 19.7 Å². The first kappa shape index (κ1) is 13.1. The Hall–Kier alpha value is -1.85. The van der Waals surface area contributed by atoms with Gasteiger partial charge in [-0.3, -0.25) is 4.79 Å². The number of likely N-dealkylation sites (tertiary alicyclic amines) is 1. The van der Waals surface area contributed by atoms with Crippen LogP contribution in [0.25, 0.3) is 5.52 Å². The van der Waals surface area contributed by atoms with Gasteiger partial charge in [-0.15, -0.1) is 0 Å². The fraction of sp³-hybridized carbons (Fsp3) is 0.400. The largest absolute Gasteiger partial charge is 0.393 e. The number of aliphatic hydroxyl groups excluding tert-OH is 1. The minimum absolute atomic E-state index is 0.0996. The normalized spacial score (nSPS) is 22.6. The molecule has 1 atom stereocenters. The molecule has 1 aliphatic heterocycles. The molecule has 0 aliphatic carbocycles. The highest BCUT2D eigenvalue weighted by atomic mass is 16.3. The number of aromatic nitrogens is 1. The average molecular weight is 274 g/mol. The third-order valence-corrected chi connectivity index (χ3v) is 4.01. The number of hydrogen-bond donors (Lipinski definition) is 2. The van der Waals surface area contributed by atoms with Gasteiger partial charge in [-0.2, -0.15) is 0 Å². The summed E-state index contributed by atoms with van der Waals surface area (Å²) in [4.78, 5) is 14.0. The summed E-state index contributed by atoms with van der Waals surface area (Å²) < 4.78 is 1.93. The van der Waals surface area contributed by atoms with E-state index in [4.69, 9.17) is 5.11 Å². The molecular formula is C15H18N2O3. The molecule has 1 fully saturated rings. The SMILES string of the molecule is Cc1cccn2cc(C(=O)N3CCC(O)(CO)C3)cc12. The van der Waals surface area contributed by atoms with Crippen LogP contribution in [0.15, 0.2) is 30.6 Å². The summed E-state index contributed by atoms with van der Waals surface area (Å²) >= 11 is 0. The summed E-state index contributed by atoms with van der Waals surface area (Å²) in [6.45, 7) is 2.35. The molecule has 20 heavy (non-hydrogen) atoms. The van der Waals surface area contributed by atoms with Crippen LogP contribution in [0, 0.1) is 6.92 Å². The Morgan fingerprint density at radius 3 is 2.95 bits per heavy atom. The van der Waals surface area contributed by atoms with Crippen molar-refractivity contribution in [3.63, 3.8) is 0 Å². The molecular weight excluding hydrogens is 256 g/mol. The summed E-state index contributed by atoms with van der Waals surface area (Å²) in [5.41, 5.74) is 1.58. The zero-order valence-corrected chi connectivity index (χ0v) is 11.4. The summed E-state index contributed by atoms with van der Waals surface area (Å²) in [7, 11) is 0. The van der Waals surface area contributed by atoms with Crippen molar-refractivity contribution in [2.45, 2.75) is 18.9 Å². The Morgan fingerprint density at radius 2 is 2.30 bits per heavy atom. The van der Waals surface area contributed by atoms with Crippen molar-refractivity contribution in [1.29, 1.82) is 0 Å². The first-order valence-electron chi connectivity index (χ1n) is 6.72. The molecule has 2 aromatic rings. The molecule has 0 spiro atoms. The van der Waals surface area contributed by atoms with Crippen LogP contribution >= 0.6 is 0 Å². The molecule has 2 N–H and O–H groups in total. The van der Waals surface area contributed by atoms with Crippen molar-refractivity contribution in [2.24, 2.45) is 0 Å². The van der Waals surface area contributed by atoms with E-state index >= 15 is 0 Å². The van der Waals surface area contributed by atoms with Crippen molar-refractivity contribution in [3.8, 4) is 0 Å².